The van der Waals surface area contributed by atoms with E-state index in [0.29, 0.717) is 5.56 Å². The molecule has 0 unspecified atom stereocenters. The average Bonchev–Trinajstić information content (AvgIpc) is 2.51. The van der Waals surface area contributed by atoms with Crippen molar-refractivity contribution in [1.82, 2.24) is 0 Å². The highest BCUT2D eigenvalue weighted by Gasteiger charge is 2.09. The fourth-order valence-electron chi connectivity index (χ4n) is 2.41. The summed E-state index contributed by atoms with van der Waals surface area (Å²) >= 11 is 0. The molecule has 3 rings (SSSR count). The van der Waals surface area contributed by atoms with Crippen LogP contribution < -0.4 is 5.32 Å². The fraction of sp³-hybridized carbons (Fsp3) is 0.105. The zero-order valence-corrected chi connectivity index (χ0v) is 12.2. The van der Waals surface area contributed by atoms with Gasteiger partial charge in [-0.25, -0.2) is 0 Å². The van der Waals surface area contributed by atoms with Crippen LogP contribution in [0.4, 0.5) is 5.69 Å². The summed E-state index contributed by atoms with van der Waals surface area (Å²) in [5.74, 6) is -0.0746. The van der Waals surface area contributed by atoms with Gasteiger partial charge in [-0.3, -0.25) is 4.79 Å². The van der Waals surface area contributed by atoms with Crippen LogP contribution in [0.25, 0.3) is 10.8 Å². The largest absolute Gasteiger partial charge is 0.322 e. The number of hydrogen-bond donors (Lipinski definition) is 1. The lowest BCUT2D eigenvalue weighted by atomic mass is 10.1. The van der Waals surface area contributed by atoms with Crippen molar-refractivity contribution in [1.29, 1.82) is 0 Å². The summed E-state index contributed by atoms with van der Waals surface area (Å²) in [6.45, 7) is 4.06. The maximum atomic E-state index is 12.4. The number of fused-ring (bicyclic) bond motifs is 1. The number of anilines is 1. The lowest BCUT2D eigenvalue weighted by molar-refractivity contribution is 0.102. The van der Waals surface area contributed by atoms with Gasteiger partial charge in [-0.1, -0.05) is 42.5 Å². The Morgan fingerprint density at radius 1 is 0.857 bits per heavy atom. The summed E-state index contributed by atoms with van der Waals surface area (Å²) in [5.41, 5.74) is 3.82. The second kappa shape index (κ2) is 5.41. The summed E-state index contributed by atoms with van der Waals surface area (Å²) in [4.78, 5) is 12.4. The van der Waals surface area contributed by atoms with Crippen LogP contribution in [-0.2, 0) is 0 Å². The van der Waals surface area contributed by atoms with Gasteiger partial charge >= 0.3 is 0 Å². The second-order valence-corrected chi connectivity index (χ2v) is 5.26. The number of benzene rings is 3. The van der Waals surface area contributed by atoms with Gasteiger partial charge in [-0.2, -0.15) is 0 Å². The second-order valence-electron chi connectivity index (χ2n) is 5.26. The predicted octanol–water partition coefficient (Wildman–Crippen LogP) is 4.71. The normalized spacial score (nSPS) is 10.6. The summed E-state index contributed by atoms with van der Waals surface area (Å²) < 4.78 is 0. The molecule has 0 aliphatic heterocycles. The molecule has 1 N–H and O–H groups in total. The third kappa shape index (κ3) is 2.65. The van der Waals surface area contributed by atoms with Gasteiger partial charge in [0, 0.05) is 11.3 Å². The first-order valence-electron chi connectivity index (χ1n) is 7.01. The van der Waals surface area contributed by atoms with Crippen LogP contribution in [0.15, 0.2) is 60.7 Å². The molecule has 0 radical (unpaired) electrons. The van der Waals surface area contributed by atoms with Gasteiger partial charge in [-0.15, -0.1) is 0 Å². The molecule has 0 saturated heterocycles. The Labute approximate surface area is 124 Å². The van der Waals surface area contributed by atoms with Crippen molar-refractivity contribution in [2.45, 2.75) is 13.8 Å². The molecule has 0 saturated carbocycles. The van der Waals surface area contributed by atoms with E-state index in [2.05, 4.69) is 5.32 Å². The standard InChI is InChI=1S/C19H17NO/c1-13-6-5-9-18(14(13)2)20-19(21)17-11-10-15-7-3-4-8-16(15)12-17/h3-12H,1-2H3,(H,20,21). The minimum atomic E-state index is -0.0746. The molecule has 0 atom stereocenters. The highest BCUT2D eigenvalue weighted by atomic mass is 16.1. The van der Waals surface area contributed by atoms with Gasteiger partial charge in [-0.05, 0) is 53.9 Å². The zero-order chi connectivity index (χ0) is 14.8. The van der Waals surface area contributed by atoms with Crippen LogP contribution in [-0.4, -0.2) is 5.91 Å². The summed E-state index contributed by atoms with van der Waals surface area (Å²) in [7, 11) is 0. The smallest absolute Gasteiger partial charge is 0.255 e. The average molecular weight is 275 g/mol. The van der Waals surface area contributed by atoms with E-state index in [1.165, 1.54) is 5.56 Å². The van der Waals surface area contributed by atoms with Crippen molar-refractivity contribution in [2.75, 3.05) is 5.32 Å². The summed E-state index contributed by atoms with van der Waals surface area (Å²) in [6, 6.07) is 19.7. The molecule has 0 spiro atoms. The van der Waals surface area contributed by atoms with Crippen molar-refractivity contribution >= 4 is 22.4 Å². The Kier molecular flexibility index (Phi) is 3.44. The lowest BCUT2D eigenvalue weighted by Crippen LogP contribution is -2.13. The number of rotatable bonds is 2. The molecule has 0 bridgehead atoms. The molecule has 2 nitrogen and oxygen atoms in total. The van der Waals surface area contributed by atoms with Crippen molar-refractivity contribution in [3.05, 3.63) is 77.4 Å². The minimum absolute atomic E-state index is 0.0746. The van der Waals surface area contributed by atoms with Gasteiger partial charge in [0.15, 0.2) is 0 Å². The number of hydrogen-bond acceptors (Lipinski definition) is 1. The van der Waals surface area contributed by atoms with E-state index in [9.17, 15) is 4.79 Å². The SMILES string of the molecule is Cc1cccc(NC(=O)c2ccc3ccccc3c2)c1C. The van der Waals surface area contributed by atoms with E-state index < -0.39 is 0 Å². The molecule has 3 aromatic carbocycles. The molecular weight excluding hydrogens is 258 g/mol. The van der Waals surface area contributed by atoms with Gasteiger partial charge < -0.3 is 5.32 Å². The van der Waals surface area contributed by atoms with Crippen molar-refractivity contribution in [3.63, 3.8) is 0 Å². The Hall–Kier alpha value is -2.61. The fourth-order valence-corrected chi connectivity index (χ4v) is 2.41. The molecule has 0 aliphatic carbocycles. The number of aryl methyl sites for hydroxylation is 1. The van der Waals surface area contributed by atoms with Crippen LogP contribution >= 0.6 is 0 Å². The third-order valence-electron chi connectivity index (χ3n) is 3.86. The van der Waals surface area contributed by atoms with Crippen molar-refractivity contribution in [3.8, 4) is 0 Å². The maximum Gasteiger partial charge on any atom is 0.255 e. The van der Waals surface area contributed by atoms with Crippen LogP contribution in [0.1, 0.15) is 21.5 Å². The Balaban J connectivity index is 1.91. The van der Waals surface area contributed by atoms with Crippen LogP contribution in [0.5, 0.6) is 0 Å². The molecule has 0 aromatic heterocycles. The van der Waals surface area contributed by atoms with Crippen molar-refractivity contribution < 1.29 is 4.79 Å². The van der Waals surface area contributed by atoms with Crippen LogP contribution in [0, 0.1) is 13.8 Å². The Bertz CT molecular complexity index is 821. The highest BCUT2D eigenvalue weighted by Crippen LogP contribution is 2.20. The monoisotopic (exact) mass is 275 g/mol. The molecule has 0 aliphatic rings. The Morgan fingerprint density at radius 2 is 1.62 bits per heavy atom. The third-order valence-corrected chi connectivity index (χ3v) is 3.86. The molecule has 104 valence electrons. The van der Waals surface area contributed by atoms with Crippen molar-refractivity contribution in [2.24, 2.45) is 0 Å². The number of carbonyl (C=O) groups is 1. The zero-order valence-electron chi connectivity index (χ0n) is 12.2. The lowest BCUT2D eigenvalue weighted by Gasteiger charge is -2.10. The molecule has 2 heteroatoms. The maximum absolute atomic E-state index is 12.4. The molecule has 3 aromatic rings. The summed E-state index contributed by atoms with van der Waals surface area (Å²) in [5, 5.41) is 5.21. The molecular formula is C19H17NO. The van der Waals surface area contributed by atoms with E-state index in [4.69, 9.17) is 0 Å². The molecule has 1 amide bonds. The molecule has 0 heterocycles. The predicted molar refractivity (Wildman–Crippen MR) is 87.8 cm³/mol. The van der Waals surface area contributed by atoms with E-state index in [-0.39, 0.29) is 5.91 Å². The van der Waals surface area contributed by atoms with Gasteiger partial charge in [0.05, 0.1) is 0 Å². The number of nitrogens with one attached hydrogen (secondary N) is 1. The minimum Gasteiger partial charge on any atom is -0.322 e. The highest BCUT2D eigenvalue weighted by molar-refractivity contribution is 6.06. The topological polar surface area (TPSA) is 29.1 Å². The van der Waals surface area contributed by atoms with E-state index in [0.717, 1.165) is 22.0 Å². The Morgan fingerprint density at radius 3 is 2.43 bits per heavy atom. The molecule has 0 fully saturated rings. The van der Waals surface area contributed by atoms with E-state index in [1.807, 2.05) is 74.5 Å². The first-order valence-corrected chi connectivity index (χ1v) is 7.01. The number of carbonyl (C=O) groups excluding carboxylic acids is 1. The van der Waals surface area contributed by atoms with E-state index >= 15 is 0 Å². The quantitative estimate of drug-likeness (QED) is 0.721. The van der Waals surface area contributed by atoms with Crippen LogP contribution in [0.3, 0.4) is 0 Å². The first-order chi connectivity index (χ1) is 10.1. The van der Waals surface area contributed by atoms with E-state index in [1.54, 1.807) is 0 Å². The van der Waals surface area contributed by atoms with Crippen LogP contribution in [0.2, 0.25) is 0 Å². The molecule has 21 heavy (non-hydrogen) atoms. The first kappa shape index (κ1) is 13.4. The number of amides is 1. The van der Waals surface area contributed by atoms with Gasteiger partial charge in [0.25, 0.3) is 5.91 Å². The van der Waals surface area contributed by atoms with Gasteiger partial charge in [0.2, 0.25) is 0 Å². The summed E-state index contributed by atoms with van der Waals surface area (Å²) in [6.07, 6.45) is 0. The van der Waals surface area contributed by atoms with Gasteiger partial charge in [0.1, 0.15) is 0 Å².